The van der Waals surface area contributed by atoms with Crippen LogP contribution in [0.15, 0.2) is 94.3 Å². The average molecular weight is 627 g/mol. The molecule has 0 fully saturated rings. The van der Waals surface area contributed by atoms with Crippen LogP contribution in [-0.2, 0) is 10.0 Å². The summed E-state index contributed by atoms with van der Waals surface area (Å²) < 4.78 is 34.9. The lowest BCUT2D eigenvalue weighted by molar-refractivity contribution is 0.102. The zero-order valence-corrected chi connectivity index (χ0v) is 22.8. The third-order valence-electron chi connectivity index (χ3n) is 4.85. The first-order chi connectivity index (χ1) is 17.1. The Morgan fingerprint density at radius 1 is 0.806 bits per heavy atom. The van der Waals surface area contributed by atoms with E-state index in [1.54, 1.807) is 42.5 Å². The van der Waals surface area contributed by atoms with Gasteiger partial charge in [0.15, 0.2) is 0 Å². The molecule has 6 nitrogen and oxygen atoms in total. The molecule has 0 heterocycles. The van der Waals surface area contributed by atoms with Crippen molar-refractivity contribution >= 4 is 78.0 Å². The predicted molar refractivity (Wildman–Crippen MR) is 147 cm³/mol. The van der Waals surface area contributed by atoms with Gasteiger partial charge < -0.3 is 10.1 Å². The number of hydrogen-bond acceptors (Lipinski definition) is 4. The normalized spacial score (nSPS) is 11.1. The molecule has 4 rings (SSSR count). The number of sulfonamides is 1. The summed E-state index contributed by atoms with van der Waals surface area (Å²) in [5.74, 6) is 0.262. The van der Waals surface area contributed by atoms with Crippen molar-refractivity contribution in [3.05, 3.63) is 110 Å². The second-order valence-corrected chi connectivity index (χ2v) is 11.2. The largest absolute Gasteiger partial charge is 0.456 e. The van der Waals surface area contributed by atoms with Gasteiger partial charge in [-0.15, -0.1) is 0 Å². The molecule has 2 N–H and O–H groups in total. The van der Waals surface area contributed by atoms with Gasteiger partial charge in [-0.2, -0.15) is 0 Å². The fraction of sp³-hybridized carbons (Fsp3) is 0. The minimum Gasteiger partial charge on any atom is -0.456 e. The number of halogens is 4. The van der Waals surface area contributed by atoms with Crippen molar-refractivity contribution in [3.63, 3.8) is 0 Å². The third-order valence-corrected chi connectivity index (χ3v) is 7.70. The van der Waals surface area contributed by atoms with Gasteiger partial charge in [0.2, 0.25) is 0 Å². The molecule has 4 aromatic rings. The molecule has 0 aliphatic carbocycles. The Balaban J connectivity index is 1.56. The Labute approximate surface area is 231 Å². The van der Waals surface area contributed by atoms with Gasteiger partial charge >= 0.3 is 0 Å². The van der Waals surface area contributed by atoms with E-state index in [2.05, 4.69) is 26.0 Å². The highest BCUT2D eigenvalue weighted by molar-refractivity contribution is 9.10. The first kappa shape index (κ1) is 26.3. The van der Waals surface area contributed by atoms with Crippen LogP contribution in [0.5, 0.6) is 11.5 Å². The Bertz CT molecular complexity index is 1550. The van der Waals surface area contributed by atoms with Crippen molar-refractivity contribution in [1.82, 2.24) is 0 Å². The van der Waals surface area contributed by atoms with E-state index in [0.29, 0.717) is 31.7 Å². The number of anilines is 2. The van der Waals surface area contributed by atoms with Crippen LogP contribution in [-0.4, -0.2) is 14.3 Å². The summed E-state index contributed by atoms with van der Waals surface area (Å²) >= 11 is 21.6. The first-order valence-corrected chi connectivity index (χ1v) is 13.6. The molecule has 0 atom stereocenters. The Hall–Kier alpha value is -2.75. The van der Waals surface area contributed by atoms with Crippen LogP contribution in [0.25, 0.3) is 0 Å². The lowest BCUT2D eigenvalue weighted by Crippen LogP contribution is -2.19. The van der Waals surface area contributed by atoms with E-state index >= 15 is 0 Å². The summed E-state index contributed by atoms with van der Waals surface area (Å²) in [6.45, 7) is 0. The Morgan fingerprint density at radius 2 is 1.47 bits per heavy atom. The fourth-order valence-corrected chi connectivity index (χ4v) is 5.07. The number of ether oxygens (including phenoxy) is 1. The monoisotopic (exact) mass is 624 g/mol. The van der Waals surface area contributed by atoms with Crippen LogP contribution in [0.3, 0.4) is 0 Å². The number of para-hydroxylation sites is 1. The van der Waals surface area contributed by atoms with Gasteiger partial charge in [-0.05, 0) is 88.7 Å². The molecular weight excluding hydrogens is 611 g/mol. The summed E-state index contributed by atoms with van der Waals surface area (Å²) in [5, 5.41) is 3.81. The number of rotatable bonds is 7. The molecule has 0 spiro atoms. The standard InChI is InChI=1S/C25H16BrCl3N2O4S/c26-20-11-5-16(28)14-23(20)30-25(32)19-13-15(27)6-12-22(19)31-36(33,34)18-9-7-17(8-10-18)35-24-4-2-1-3-21(24)29/h1-14,31H,(H,30,32). The molecule has 0 saturated heterocycles. The minimum atomic E-state index is -4.05. The van der Waals surface area contributed by atoms with Gasteiger partial charge in [0.25, 0.3) is 15.9 Å². The first-order valence-electron chi connectivity index (χ1n) is 10.2. The molecular formula is C25H16BrCl3N2O4S. The Kier molecular flexibility index (Phi) is 8.12. The van der Waals surface area contributed by atoms with E-state index in [4.69, 9.17) is 39.5 Å². The maximum atomic E-state index is 13.1. The number of nitrogens with one attached hydrogen (secondary N) is 2. The van der Waals surface area contributed by atoms with Crippen LogP contribution < -0.4 is 14.8 Å². The molecule has 0 aliphatic rings. The maximum Gasteiger partial charge on any atom is 0.261 e. The van der Waals surface area contributed by atoms with E-state index < -0.39 is 15.9 Å². The van der Waals surface area contributed by atoms with E-state index in [9.17, 15) is 13.2 Å². The van der Waals surface area contributed by atoms with Crippen LogP contribution in [0.2, 0.25) is 15.1 Å². The van der Waals surface area contributed by atoms with Gasteiger partial charge in [-0.3, -0.25) is 9.52 Å². The van der Waals surface area contributed by atoms with Gasteiger partial charge in [0, 0.05) is 14.5 Å². The average Bonchev–Trinajstić information content (AvgIpc) is 2.84. The summed E-state index contributed by atoms with van der Waals surface area (Å²) in [6, 6.07) is 21.9. The third kappa shape index (κ3) is 6.32. The highest BCUT2D eigenvalue weighted by atomic mass is 79.9. The number of carbonyl (C=O) groups is 1. The molecule has 184 valence electrons. The van der Waals surface area contributed by atoms with Crippen LogP contribution >= 0.6 is 50.7 Å². The summed E-state index contributed by atoms with van der Waals surface area (Å²) in [4.78, 5) is 13.0. The molecule has 0 saturated carbocycles. The molecule has 0 unspecified atom stereocenters. The van der Waals surface area contributed by atoms with Crippen LogP contribution in [0, 0.1) is 0 Å². The molecule has 4 aromatic carbocycles. The molecule has 0 radical (unpaired) electrons. The van der Waals surface area contributed by atoms with E-state index in [1.807, 2.05) is 0 Å². The zero-order valence-electron chi connectivity index (χ0n) is 18.1. The van der Waals surface area contributed by atoms with E-state index in [0.717, 1.165) is 0 Å². The molecule has 11 heteroatoms. The predicted octanol–water partition coefficient (Wildman–Crippen LogP) is 8.25. The molecule has 0 aliphatic heterocycles. The maximum absolute atomic E-state index is 13.1. The van der Waals surface area contributed by atoms with Crippen molar-refractivity contribution in [2.24, 2.45) is 0 Å². The summed E-state index contributed by atoms with van der Waals surface area (Å²) in [5.41, 5.74) is 0.485. The molecule has 36 heavy (non-hydrogen) atoms. The number of hydrogen-bond donors (Lipinski definition) is 2. The fourth-order valence-electron chi connectivity index (χ4n) is 3.12. The van der Waals surface area contributed by atoms with Crippen molar-refractivity contribution in [2.75, 3.05) is 10.0 Å². The highest BCUT2D eigenvalue weighted by Crippen LogP contribution is 2.31. The highest BCUT2D eigenvalue weighted by Gasteiger charge is 2.20. The molecule has 1 amide bonds. The second kappa shape index (κ2) is 11.1. The zero-order chi connectivity index (χ0) is 25.9. The number of benzene rings is 4. The lowest BCUT2D eigenvalue weighted by Gasteiger charge is -2.14. The van der Waals surface area contributed by atoms with Crippen molar-refractivity contribution in [1.29, 1.82) is 0 Å². The molecule has 0 aromatic heterocycles. The topological polar surface area (TPSA) is 84.5 Å². The minimum absolute atomic E-state index is 0.0247. The number of carbonyl (C=O) groups excluding carboxylic acids is 1. The van der Waals surface area contributed by atoms with Gasteiger partial charge in [-0.1, -0.05) is 46.9 Å². The SMILES string of the molecule is O=C(Nc1cc(Cl)ccc1Br)c1cc(Cl)ccc1NS(=O)(=O)c1ccc(Oc2ccccc2Cl)cc1. The second-order valence-electron chi connectivity index (χ2n) is 7.38. The van der Waals surface area contributed by atoms with E-state index in [-0.39, 0.29) is 21.2 Å². The van der Waals surface area contributed by atoms with Crippen molar-refractivity contribution < 1.29 is 17.9 Å². The quantitative estimate of drug-likeness (QED) is 0.216. The summed E-state index contributed by atoms with van der Waals surface area (Å²) in [6.07, 6.45) is 0. The lowest BCUT2D eigenvalue weighted by atomic mass is 10.1. The van der Waals surface area contributed by atoms with Gasteiger partial charge in [0.05, 0.1) is 26.9 Å². The molecule has 0 bridgehead atoms. The van der Waals surface area contributed by atoms with Crippen molar-refractivity contribution in [3.8, 4) is 11.5 Å². The van der Waals surface area contributed by atoms with E-state index in [1.165, 1.54) is 42.5 Å². The summed E-state index contributed by atoms with van der Waals surface area (Å²) in [7, 11) is -4.05. The smallest absolute Gasteiger partial charge is 0.261 e. The van der Waals surface area contributed by atoms with Crippen molar-refractivity contribution in [2.45, 2.75) is 4.90 Å². The van der Waals surface area contributed by atoms with Gasteiger partial charge in [-0.25, -0.2) is 8.42 Å². The Morgan fingerprint density at radius 3 is 2.19 bits per heavy atom. The number of amides is 1. The van der Waals surface area contributed by atoms with Crippen LogP contribution in [0.4, 0.5) is 11.4 Å². The van der Waals surface area contributed by atoms with Crippen LogP contribution in [0.1, 0.15) is 10.4 Å². The van der Waals surface area contributed by atoms with Gasteiger partial charge in [0.1, 0.15) is 11.5 Å².